The molecule has 0 saturated heterocycles. The van der Waals surface area contributed by atoms with Gasteiger partial charge in [0.25, 0.3) is 0 Å². The number of rotatable bonds is 6. The Kier molecular flexibility index (Phi) is 4.99. The highest BCUT2D eigenvalue weighted by molar-refractivity contribution is 7.92. The molecule has 1 aromatic heterocycles. The van der Waals surface area contributed by atoms with Crippen LogP contribution in [0.3, 0.4) is 0 Å². The third-order valence-corrected chi connectivity index (χ3v) is 5.43. The van der Waals surface area contributed by atoms with Crippen LogP contribution in [0.25, 0.3) is 0 Å². The monoisotopic (exact) mass is 303 g/mol. The summed E-state index contributed by atoms with van der Waals surface area (Å²) in [7, 11) is -1.88. The number of sulfone groups is 1. The van der Waals surface area contributed by atoms with Crippen LogP contribution in [-0.4, -0.2) is 39.0 Å². The zero-order valence-corrected chi connectivity index (χ0v) is 13.2. The van der Waals surface area contributed by atoms with Crippen molar-refractivity contribution in [2.24, 2.45) is 0 Å². The maximum Gasteiger partial charge on any atom is 0.373 e. The molecule has 0 radical (unpaired) electrons. The number of esters is 1. The van der Waals surface area contributed by atoms with Crippen LogP contribution in [0.15, 0.2) is 16.5 Å². The number of methoxy groups -OCH3 is 1. The van der Waals surface area contributed by atoms with E-state index in [0.29, 0.717) is 5.76 Å². The van der Waals surface area contributed by atoms with E-state index in [0.717, 1.165) is 0 Å². The van der Waals surface area contributed by atoms with Gasteiger partial charge in [-0.3, -0.25) is 0 Å². The van der Waals surface area contributed by atoms with Gasteiger partial charge in [-0.25, -0.2) is 13.2 Å². The molecule has 1 atom stereocenters. The molecule has 6 nitrogen and oxygen atoms in total. The minimum Gasteiger partial charge on any atom is -0.463 e. The highest BCUT2D eigenvalue weighted by Gasteiger charge is 2.30. The third-order valence-electron chi connectivity index (χ3n) is 3.28. The van der Waals surface area contributed by atoms with Crippen molar-refractivity contribution >= 4 is 15.8 Å². The fourth-order valence-electron chi connectivity index (χ4n) is 1.43. The summed E-state index contributed by atoms with van der Waals surface area (Å²) in [6.07, 6.45) is 1.21. The topological polar surface area (TPSA) is 85.6 Å². The van der Waals surface area contributed by atoms with Gasteiger partial charge >= 0.3 is 5.97 Å². The van der Waals surface area contributed by atoms with Gasteiger partial charge in [-0.1, -0.05) is 0 Å². The van der Waals surface area contributed by atoms with Crippen molar-refractivity contribution in [2.75, 3.05) is 19.9 Å². The first kappa shape index (κ1) is 16.7. The average Bonchev–Trinajstić information content (AvgIpc) is 2.83. The summed E-state index contributed by atoms with van der Waals surface area (Å²) in [6.45, 7) is 5.42. The van der Waals surface area contributed by atoms with E-state index in [1.807, 2.05) is 6.92 Å². The zero-order valence-electron chi connectivity index (χ0n) is 12.4. The van der Waals surface area contributed by atoms with Gasteiger partial charge in [-0.2, -0.15) is 0 Å². The van der Waals surface area contributed by atoms with Crippen molar-refractivity contribution in [3.8, 4) is 0 Å². The Labute approximate surface area is 119 Å². The number of carbonyl (C=O) groups excluding carboxylic acids is 1. The van der Waals surface area contributed by atoms with Gasteiger partial charge in [-0.15, -0.1) is 0 Å². The summed E-state index contributed by atoms with van der Waals surface area (Å²) < 4.78 is 32.3. The highest BCUT2D eigenvalue weighted by atomic mass is 32.2. The Morgan fingerprint density at radius 1 is 1.45 bits per heavy atom. The molecule has 114 valence electrons. The normalized spacial score (nSPS) is 14.1. The maximum absolute atomic E-state index is 11.6. The molecule has 1 aromatic rings. The molecule has 1 N–H and O–H groups in total. The quantitative estimate of drug-likeness (QED) is 0.802. The molecule has 0 spiro atoms. The van der Waals surface area contributed by atoms with E-state index in [1.54, 1.807) is 19.9 Å². The van der Waals surface area contributed by atoms with Crippen LogP contribution in [-0.2, 0) is 14.6 Å². The summed E-state index contributed by atoms with van der Waals surface area (Å²) >= 11 is 0. The van der Waals surface area contributed by atoms with Crippen molar-refractivity contribution in [1.29, 1.82) is 0 Å². The van der Waals surface area contributed by atoms with E-state index >= 15 is 0 Å². The van der Waals surface area contributed by atoms with Gasteiger partial charge < -0.3 is 14.5 Å². The van der Waals surface area contributed by atoms with Gasteiger partial charge in [0.1, 0.15) is 5.76 Å². The molecule has 0 aliphatic carbocycles. The van der Waals surface area contributed by atoms with Crippen molar-refractivity contribution < 1.29 is 22.4 Å². The van der Waals surface area contributed by atoms with E-state index < -0.39 is 20.6 Å². The summed E-state index contributed by atoms with van der Waals surface area (Å²) in [5, 5.41) is 3.09. The molecule has 20 heavy (non-hydrogen) atoms. The molecule has 0 aliphatic heterocycles. The van der Waals surface area contributed by atoms with Gasteiger partial charge in [0.2, 0.25) is 5.76 Å². The van der Waals surface area contributed by atoms with E-state index in [2.05, 4.69) is 10.1 Å². The zero-order chi connectivity index (χ0) is 15.6. The molecule has 0 aromatic carbocycles. The molecule has 0 bridgehead atoms. The predicted molar refractivity (Wildman–Crippen MR) is 75.4 cm³/mol. The average molecular weight is 303 g/mol. The second kappa shape index (κ2) is 5.97. The maximum atomic E-state index is 11.6. The smallest absolute Gasteiger partial charge is 0.373 e. The lowest BCUT2D eigenvalue weighted by molar-refractivity contribution is 0.0562. The van der Waals surface area contributed by atoms with Gasteiger partial charge in [-0.05, 0) is 32.9 Å². The fraction of sp³-hybridized carbons (Fsp3) is 0.615. The van der Waals surface area contributed by atoms with Gasteiger partial charge in [0.15, 0.2) is 9.84 Å². The van der Waals surface area contributed by atoms with Crippen LogP contribution in [0.2, 0.25) is 0 Å². The Morgan fingerprint density at radius 3 is 2.55 bits per heavy atom. The molecular formula is C13H21NO5S. The van der Waals surface area contributed by atoms with Crippen molar-refractivity contribution in [2.45, 2.75) is 31.6 Å². The summed E-state index contributed by atoms with van der Waals surface area (Å²) in [5.74, 6) is 0.133. The largest absolute Gasteiger partial charge is 0.463 e. The van der Waals surface area contributed by atoms with Crippen LogP contribution in [0.4, 0.5) is 0 Å². The molecule has 7 heteroatoms. The van der Waals surface area contributed by atoms with Gasteiger partial charge in [0.05, 0.1) is 17.9 Å². The Morgan fingerprint density at radius 2 is 2.05 bits per heavy atom. The molecular weight excluding hydrogens is 282 g/mol. The number of furan rings is 1. The summed E-state index contributed by atoms with van der Waals surface area (Å²) in [4.78, 5) is 11.3. The van der Waals surface area contributed by atoms with Crippen molar-refractivity contribution in [3.63, 3.8) is 0 Å². The molecule has 0 fully saturated rings. The summed E-state index contributed by atoms with van der Waals surface area (Å²) in [6, 6.07) is 2.98. The van der Waals surface area contributed by atoms with Crippen molar-refractivity contribution in [3.05, 3.63) is 23.7 Å². The van der Waals surface area contributed by atoms with E-state index in [-0.39, 0.29) is 18.3 Å². The second-order valence-electron chi connectivity index (χ2n) is 5.33. The lowest BCUT2D eigenvalue weighted by atomic mass is 10.2. The Hall–Kier alpha value is -1.34. The first-order chi connectivity index (χ1) is 9.08. The Balaban J connectivity index is 2.71. The van der Waals surface area contributed by atoms with E-state index in [4.69, 9.17) is 4.42 Å². The highest BCUT2D eigenvalue weighted by Crippen LogP contribution is 2.19. The molecule has 0 saturated carbocycles. The molecule has 0 amide bonds. The first-order valence-corrected chi connectivity index (χ1v) is 8.08. The number of hydrogen-bond acceptors (Lipinski definition) is 6. The van der Waals surface area contributed by atoms with E-state index in [1.165, 1.54) is 19.4 Å². The van der Waals surface area contributed by atoms with Crippen molar-refractivity contribution in [1.82, 2.24) is 5.32 Å². The number of hydrogen-bond donors (Lipinski definition) is 1. The number of nitrogens with one attached hydrogen (secondary N) is 1. The minimum atomic E-state index is -3.16. The molecule has 1 rings (SSSR count). The summed E-state index contributed by atoms with van der Waals surface area (Å²) in [5.41, 5.74) is 0. The molecule has 1 heterocycles. The number of carbonyl (C=O) groups is 1. The van der Waals surface area contributed by atoms with Gasteiger partial charge in [0, 0.05) is 12.8 Å². The van der Waals surface area contributed by atoms with Crippen LogP contribution < -0.4 is 5.32 Å². The van der Waals surface area contributed by atoms with E-state index in [9.17, 15) is 13.2 Å². The predicted octanol–water partition coefficient (Wildman–Crippen LogP) is 1.54. The lowest BCUT2D eigenvalue weighted by Gasteiger charge is -2.24. The molecule has 0 aliphatic rings. The first-order valence-electron chi connectivity index (χ1n) is 6.19. The van der Waals surface area contributed by atoms with Crippen LogP contribution in [0.1, 0.15) is 43.1 Å². The lowest BCUT2D eigenvalue weighted by Crippen LogP contribution is -2.42. The van der Waals surface area contributed by atoms with Crippen LogP contribution in [0.5, 0.6) is 0 Å². The standard InChI is InChI=1S/C13H21NO5S/c1-9(14-8-13(2,3)20(5,16)17)10-6-7-11(19-10)12(15)18-4/h6-7,9,14H,8H2,1-5H3. The Bertz CT molecular complexity index is 573. The fourth-order valence-corrected chi connectivity index (χ4v) is 1.77. The van der Waals surface area contributed by atoms with Crippen LogP contribution in [0, 0.1) is 0 Å². The van der Waals surface area contributed by atoms with Crippen LogP contribution >= 0.6 is 0 Å². The SMILES string of the molecule is COC(=O)c1ccc(C(C)NCC(C)(C)S(C)(=O)=O)o1. The molecule has 1 unspecified atom stereocenters. The number of ether oxygens (including phenoxy) is 1. The second-order valence-corrected chi connectivity index (χ2v) is 7.98. The third kappa shape index (κ3) is 3.83. The minimum absolute atomic E-state index is 0.124.